The Balaban J connectivity index is 2.16. The Morgan fingerprint density at radius 2 is 2.11 bits per heavy atom. The molecule has 19 heavy (non-hydrogen) atoms. The number of carbonyl (C=O) groups excluding carboxylic acids is 1. The number of hydrogen-bond donors (Lipinski definition) is 1. The molecule has 108 valence electrons. The van der Waals surface area contributed by atoms with Crippen molar-refractivity contribution in [3.63, 3.8) is 0 Å². The molecule has 0 aromatic heterocycles. The van der Waals surface area contributed by atoms with Gasteiger partial charge in [-0.3, -0.25) is 4.79 Å². The second-order valence-electron chi connectivity index (χ2n) is 6.24. The van der Waals surface area contributed by atoms with Crippen LogP contribution in [0.5, 0.6) is 0 Å². The predicted octanol–water partition coefficient (Wildman–Crippen LogP) is 2.16. The molecule has 0 saturated heterocycles. The molecule has 0 heterocycles. The fourth-order valence-corrected chi connectivity index (χ4v) is 2.57. The number of carbonyl (C=O) groups is 1. The Labute approximate surface area is 117 Å². The van der Waals surface area contributed by atoms with Crippen LogP contribution in [0.2, 0.25) is 0 Å². The molecule has 1 N–H and O–H groups in total. The molecule has 1 rings (SSSR count). The van der Waals surface area contributed by atoms with Crippen molar-refractivity contribution < 1.29 is 4.79 Å². The standard InChI is InChI=1S/C15H27N3O/c1-12(2)18(4)8-6-5-7-17-14(19)15(11-16)9-13(3)10-15/h12-13H,5-10H2,1-4H3,(H,17,19). The minimum Gasteiger partial charge on any atom is -0.355 e. The first-order chi connectivity index (χ1) is 8.91. The number of nitrogens with one attached hydrogen (secondary N) is 1. The molecule has 1 aliphatic carbocycles. The van der Waals surface area contributed by atoms with E-state index in [1.165, 1.54) is 0 Å². The first kappa shape index (κ1) is 16.0. The summed E-state index contributed by atoms with van der Waals surface area (Å²) in [7, 11) is 2.11. The maximum atomic E-state index is 12.0. The third kappa shape index (κ3) is 4.21. The fraction of sp³-hybridized carbons (Fsp3) is 0.867. The van der Waals surface area contributed by atoms with E-state index < -0.39 is 5.41 Å². The van der Waals surface area contributed by atoms with E-state index in [4.69, 9.17) is 5.26 Å². The predicted molar refractivity (Wildman–Crippen MR) is 76.5 cm³/mol. The lowest BCUT2D eigenvalue weighted by molar-refractivity contribution is -0.133. The van der Waals surface area contributed by atoms with Crippen LogP contribution in [0, 0.1) is 22.7 Å². The van der Waals surface area contributed by atoms with E-state index >= 15 is 0 Å². The van der Waals surface area contributed by atoms with E-state index in [0.29, 0.717) is 31.3 Å². The lowest BCUT2D eigenvalue weighted by atomic mass is 9.63. The van der Waals surface area contributed by atoms with Crippen molar-refractivity contribution in [1.29, 1.82) is 5.26 Å². The molecule has 4 heteroatoms. The normalized spacial score (nSPS) is 26.1. The van der Waals surface area contributed by atoms with Gasteiger partial charge in [0.05, 0.1) is 6.07 Å². The Hall–Kier alpha value is -1.08. The van der Waals surface area contributed by atoms with Crippen molar-refractivity contribution in [3.8, 4) is 6.07 Å². The zero-order chi connectivity index (χ0) is 14.5. The third-order valence-electron chi connectivity index (χ3n) is 4.15. The molecule has 0 unspecified atom stereocenters. The van der Waals surface area contributed by atoms with Gasteiger partial charge in [-0.1, -0.05) is 6.92 Å². The van der Waals surface area contributed by atoms with Crippen molar-refractivity contribution in [3.05, 3.63) is 0 Å². The largest absolute Gasteiger partial charge is 0.355 e. The minimum atomic E-state index is -0.728. The highest BCUT2D eigenvalue weighted by Crippen LogP contribution is 2.44. The Morgan fingerprint density at radius 3 is 2.58 bits per heavy atom. The van der Waals surface area contributed by atoms with Crippen molar-refractivity contribution in [2.45, 2.75) is 52.5 Å². The number of hydrogen-bond acceptors (Lipinski definition) is 3. The summed E-state index contributed by atoms with van der Waals surface area (Å²) < 4.78 is 0. The van der Waals surface area contributed by atoms with Gasteiger partial charge in [-0.25, -0.2) is 0 Å². The maximum Gasteiger partial charge on any atom is 0.240 e. The van der Waals surface area contributed by atoms with Gasteiger partial charge in [0.1, 0.15) is 5.41 Å². The molecule has 0 spiro atoms. The number of rotatable bonds is 7. The van der Waals surface area contributed by atoms with Gasteiger partial charge in [0.2, 0.25) is 5.91 Å². The zero-order valence-corrected chi connectivity index (χ0v) is 12.7. The first-order valence-corrected chi connectivity index (χ1v) is 7.31. The summed E-state index contributed by atoms with van der Waals surface area (Å²) in [4.78, 5) is 14.3. The van der Waals surface area contributed by atoms with Crippen LogP contribution in [0.15, 0.2) is 0 Å². The topological polar surface area (TPSA) is 56.1 Å². The molecular formula is C15H27N3O. The second kappa shape index (κ2) is 6.91. The van der Waals surface area contributed by atoms with Crippen molar-refractivity contribution in [2.24, 2.45) is 11.3 Å². The quantitative estimate of drug-likeness (QED) is 0.718. The van der Waals surface area contributed by atoms with E-state index in [9.17, 15) is 4.79 Å². The van der Waals surface area contributed by atoms with E-state index in [0.717, 1.165) is 19.4 Å². The van der Waals surface area contributed by atoms with Gasteiger partial charge in [0.25, 0.3) is 0 Å². The average Bonchev–Trinajstić information content (AvgIpc) is 2.33. The Kier molecular flexibility index (Phi) is 5.81. The summed E-state index contributed by atoms with van der Waals surface area (Å²) >= 11 is 0. The van der Waals surface area contributed by atoms with Gasteiger partial charge in [0.15, 0.2) is 0 Å². The molecule has 0 bridgehead atoms. The minimum absolute atomic E-state index is 0.0645. The van der Waals surface area contributed by atoms with Crippen LogP contribution in [0.4, 0.5) is 0 Å². The SMILES string of the molecule is CC1CC(C#N)(C(=O)NCCCCN(C)C(C)C)C1. The number of amides is 1. The fourth-order valence-electron chi connectivity index (χ4n) is 2.57. The maximum absolute atomic E-state index is 12.0. The molecule has 1 saturated carbocycles. The van der Waals surface area contributed by atoms with E-state index in [-0.39, 0.29) is 5.91 Å². The van der Waals surface area contributed by atoms with Gasteiger partial charge >= 0.3 is 0 Å². The van der Waals surface area contributed by atoms with Crippen molar-refractivity contribution in [2.75, 3.05) is 20.1 Å². The highest BCUT2D eigenvalue weighted by atomic mass is 16.2. The summed E-state index contributed by atoms with van der Waals surface area (Å²) in [6.07, 6.45) is 3.47. The highest BCUT2D eigenvalue weighted by Gasteiger charge is 2.48. The molecule has 4 nitrogen and oxygen atoms in total. The summed E-state index contributed by atoms with van der Waals surface area (Å²) in [6.45, 7) is 8.17. The van der Waals surface area contributed by atoms with Crippen LogP contribution in [0.25, 0.3) is 0 Å². The van der Waals surface area contributed by atoms with Crippen LogP contribution in [0.1, 0.15) is 46.5 Å². The molecule has 0 aliphatic heterocycles. The molecule has 1 amide bonds. The smallest absolute Gasteiger partial charge is 0.240 e. The number of unbranched alkanes of at least 4 members (excludes halogenated alkanes) is 1. The first-order valence-electron chi connectivity index (χ1n) is 7.31. The summed E-state index contributed by atoms with van der Waals surface area (Å²) in [5.74, 6) is 0.440. The average molecular weight is 265 g/mol. The van der Waals surface area contributed by atoms with Gasteiger partial charge in [-0.15, -0.1) is 0 Å². The lowest BCUT2D eigenvalue weighted by Gasteiger charge is -2.39. The zero-order valence-electron chi connectivity index (χ0n) is 12.7. The van der Waals surface area contributed by atoms with Crippen molar-refractivity contribution in [1.82, 2.24) is 10.2 Å². The molecule has 0 aromatic carbocycles. The monoisotopic (exact) mass is 265 g/mol. The van der Waals surface area contributed by atoms with E-state index in [1.54, 1.807) is 0 Å². The lowest BCUT2D eigenvalue weighted by Crippen LogP contribution is -2.48. The third-order valence-corrected chi connectivity index (χ3v) is 4.15. The van der Waals surface area contributed by atoms with Gasteiger partial charge in [0, 0.05) is 12.6 Å². The van der Waals surface area contributed by atoms with Gasteiger partial charge < -0.3 is 10.2 Å². The van der Waals surface area contributed by atoms with Crippen LogP contribution < -0.4 is 5.32 Å². The Morgan fingerprint density at radius 1 is 1.47 bits per heavy atom. The Bertz CT molecular complexity index is 340. The molecule has 0 radical (unpaired) electrons. The number of nitriles is 1. The molecule has 1 fully saturated rings. The van der Waals surface area contributed by atoms with Crippen LogP contribution in [-0.2, 0) is 4.79 Å². The summed E-state index contributed by atoms with van der Waals surface area (Å²) in [5, 5.41) is 12.1. The van der Waals surface area contributed by atoms with Crippen LogP contribution >= 0.6 is 0 Å². The molecule has 0 aromatic rings. The molecule has 0 atom stereocenters. The second-order valence-corrected chi connectivity index (χ2v) is 6.24. The van der Waals surface area contributed by atoms with E-state index in [2.05, 4.69) is 44.1 Å². The summed E-state index contributed by atoms with van der Waals surface area (Å²) in [6, 6.07) is 2.76. The van der Waals surface area contributed by atoms with Crippen LogP contribution in [-0.4, -0.2) is 37.0 Å². The van der Waals surface area contributed by atoms with Gasteiger partial charge in [-0.2, -0.15) is 5.26 Å². The van der Waals surface area contributed by atoms with Gasteiger partial charge in [-0.05, 0) is 59.0 Å². The van der Waals surface area contributed by atoms with Crippen LogP contribution in [0.3, 0.4) is 0 Å². The molecular weight excluding hydrogens is 238 g/mol. The summed E-state index contributed by atoms with van der Waals surface area (Å²) in [5.41, 5.74) is -0.728. The highest BCUT2D eigenvalue weighted by molar-refractivity contribution is 5.86. The van der Waals surface area contributed by atoms with Crippen molar-refractivity contribution >= 4 is 5.91 Å². The molecule has 1 aliphatic rings. The number of nitrogens with zero attached hydrogens (tertiary/aromatic N) is 2. The van der Waals surface area contributed by atoms with E-state index in [1.807, 2.05) is 0 Å².